The second-order valence-electron chi connectivity index (χ2n) is 4.01. The molecule has 0 spiro atoms. The molecule has 0 aromatic heterocycles. The van der Waals surface area contributed by atoms with Crippen LogP contribution in [0.4, 0.5) is 0 Å². The van der Waals surface area contributed by atoms with Crippen LogP contribution in [0.1, 0.15) is 34.1 Å². The molecule has 82 valence electrons. The molecule has 0 heterocycles. The highest BCUT2D eigenvalue weighted by atomic mass is 79.9. The van der Waals surface area contributed by atoms with E-state index in [1.54, 1.807) is 0 Å². The van der Waals surface area contributed by atoms with Crippen molar-refractivity contribution in [3.63, 3.8) is 0 Å². The first-order valence-corrected chi connectivity index (χ1v) is 5.78. The summed E-state index contributed by atoms with van der Waals surface area (Å²) in [7, 11) is 0. The Kier molecular flexibility index (Phi) is 6.09. The van der Waals surface area contributed by atoms with Crippen LogP contribution in [0, 0.1) is 5.41 Å². The highest BCUT2D eigenvalue weighted by Crippen LogP contribution is 2.23. The number of hydrogen-bond donors (Lipinski definition) is 0. The summed E-state index contributed by atoms with van der Waals surface area (Å²) < 4.78 is 4.90. The molecule has 0 aliphatic rings. The second-order valence-corrected chi connectivity index (χ2v) is 5.45. The largest absolute Gasteiger partial charge is 0.466 e. The average molecular weight is 263 g/mol. The SMILES string of the molecule is CCOC(=O)CC(C)(C)C=CC(C)Br. The monoisotopic (exact) mass is 262 g/mol. The molecule has 1 atom stereocenters. The van der Waals surface area contributed by atoms with Gasteiger partial charge >= 0.3 is 5.97 Å². The molecule has 14 heavy (non-hydrogen) atoms. The molecular weight excluding hydrogens is 244 g/mol. The predicted octanol–water partition coefficient (Wildman–Crippen LogP) is 3.31. The van der Waals surface area contributed by atoms with Gasteiger partial charge in [-0.2, -0.15) is 0 Å². The fourth-order valence-electron chi connectivity index (χ4n) is 1.04. The van der Waals surface area contributed by atoms with Gasteiger partial charge < -0.3 is 4.74 Å². The van der Waals surface area contributed by atoms with Gasteiger partial charge in [0.25, 0.3) is 0 Å². The summed E-state index contributed by atoms with van der Waals surface area (Å²) in [5, 5.41) is 0. The Balaban J connectivity index is 4.12. The van der Waals surface area contributed by atoms with Crippen LogP contribution in [0.25, 0.3) is 0 Å². The minimum Gasteiger partial charge on any atom is -0.466 e. The summed E-state index contributed by atoms with van der Waals surface area (Å²) in [6.45, 7) is 8.36. The first-order chi connectivity index (χ1) is 6.37. The maximum absolute atomic E-state index is 11.2. The minimum atomic E-state index is -0.135. The molecule has 0 rings (SSSR count). The Morgan fingerprint density at radius 2 is 2.14 bits per heavy atom. The molecule has 0 fully saturated rings. The van der Waals surface area contributed by atoms with Crippen LogP contribution in [0.2, 0.25) is 0 Å². The zero-order valence-corrected chi connectivity index (χ0v) is 10.9. The number of carbonyl (C=O) groups excluding carboxylic acids is 1. The van der Waals surface area contributed by atoms with Gasteiger partial charge in [-0.1, -0.05) is 41.9 Å². The van der Waals surface area contributed by atoms with E-state index in [4.69, 9.17) is 4.74 Å². The average Bonchev–Trinajstić information content (AvgIpc) is 2.00. The molecular formula is C11H19BrO2. The Hall–Kier alpha value is -0.310. The molecule has 0 radical (unpaired) electrons. The van der Waals surface area contributed by atoms with Crippen molar-refractivity contribution < 1.29 is 9.53 Å². The molecule has 0 bridgehead atoms. The van der Waals surface area contributed by atoms with E-state index in [-0.39, 0.29) is 11.4 Å². The summed E-state index contributed by atoms with van der Waals surface area (Å²) in [5.74, 6) is -0.135. The highest BCUT2D eigenvalue weighted by molar-refractivity contribution is 9.09. The van der Waals surface area contributed by atoms with Crippen LogP contribution in [0.15, 0.2) is 12.2 Å². The van der Waals surface area contributed by atoms with Gasteiger partial charge in [-0.3, -0.25) is 4.79 Å². The van der Waals surface area contributed by atoms with Crippen molar-refractivity contribution >= 4 is 21.9 Å². The number of carbonyl (C=O) groups is 1. The number of esters is 1. The van der Waals surface area contributed by atoms with E-state index < -0.39 is 0 Å². The van der Waals surface area contributed by atoms with Gasteiger partial charge in [-0.05, 0) is 19.3 Å². The zero-order valence-electron chi connectivity index (χ0n) is 9.34. The van der Waals surface area contributed by atoms with Crippen molar-refractivity contribution in [3.05, 3.63) is 12.2 Å². The Bertz CT molecular complexity index is 207. The van der Waals surface area contributed by atoms with Crippen LogP contribution in [0.5, 0.6) is 0 Å². The summed E-state index contributed by atoms with van der Waals surface area (Å²) >= 11 is 3.42. The van der Waals surface area contributed by atoms with Crippen LogP contribution in [-0.2, 0) is 9.53 Å². The van der Waals surface area contributed by atoms with Crippen molar-refractivity contribution in [2.24, 2.45) is 5.41 Å². The molecule has 0 N–H and O–H groups in total. The highest BCUT2D eigenvalue weighted by Gasteiger charge is 2.19. The normalized spacial score (nSPS) is 14.4. The van der Waals surface area contributed by atoms with E-state index in [1.165, 1.54) is 0 Å². The standard InChI is InChI=1S/C11H19BrO2/c1-5-14-10(13)8-11(3,4)7-6-9(2)12/h6-7,9H,5,8H2,1-4H3. The molecule has 0 aliphatic heterocycles. The number of alkyl halides is 1. The van der Waals surface area contributed by atoms with Crippen LogP contribution >= 0.6 is 15.9 Å². The van der Waals surface area contributed by atoms with E-state index in [1.807, 2.05) is 39.8 Å². The molecule has 3 heteroatoms. The van der Waals surface area contributed by atoms with Crippen LogP contribution in [0.3, 0.4) is 0 Å². The Morgan fingerprint density at radius 3 is 2.57 bits per heavy atom. The van der Waals surface area contributed by atoms with E-state index in [9.17, 15) is 4.79 Å². The summed E-state index contributed by atoms with van der Waals surface area (Å²) in [6.07, 6.45) is 4.51. The second kappa shape index (κ2) is 6.23. The fraction of sp³-hybridized carbons (Fsp3) is 0.727. The van der Waals surface area contributed by atoms with Gasteiger partial charge in [0, 0.05) is 4.83 Å². The van der Waals surface area contributed by atoms with Crippen molar-refractivity contribution in [1.29, 1.82) is 0 Å². The summed E-state index contributed by atoms with van der Waals surface area (Å²) in [6, 6.07) is 0. The van der Waals surface area contributed by atoms with Gasteiger partial charge in [0.05, 0.1) is 13.0 Å². The first kappa shape index (κ1) is 13.7. The number of halogens is 1. The molecule has 0 aliphatic carbocycles. The van der Waals surface area contributed by atoms with Crippen molar-refractivity contribution in [3.8, 4) is 0 Å². The lowest BCUT2D eigenvalue weighted by Gasteiger charge is -2.18. The molecule has 0 amide bonds. The topological polar surface area (TPSA) is 26.3 Å². The smallest absolute Gasteiger partial charge is 0.306 e. The molecule has 1 unspecified atom stereocenters. The molecule has 0 saturated carbocycles. The third kappa shape index (κ3) is 7.13. The summed E-state index contributed by atoms with van der Waals surface area (Å²) in [4.78, 5) is 11.6. The van der Waals surface area contributed by atoms with E-state index in [0.29, 0.717) is 17.9 Å². The van der Waals surface area contributed by atoms with Gasteiger partial charge in [-0.25, -0.2) is 0 Å². The molecule has 2 nitrogen and oxygen atoms in total. The zero-order chi connectivity index (χ0) is 11.2. The van der Waals surface area contributed by atoms with Crippen molar-refractivity contribution in [2.45, 2.75) is 38.9 Å². The predicted molar refractivity (Wildman–Crippen MR) is 62.6 cm³/mol. The molecule has 0 aromatic carbocycles. The van der Waals surface area contributed by atoms with Crippen LogP contribution in [-0.4, -0.2) is 17.4 Å². The van der Waals surface area contributed by atoms with Gasteiger partial charge in [0.2, 0.25) is 0 Å². The Labute approximate surface area is 94.8 Å². The third-order valence-corrected chi connectivity index (χ3v) is 2.02. The molecule has 0 saturated heterocycles. The van der Waals surface area contributed by atoms with Crippen LogP contribution < -0.4 is 0 Å². The quantitative estimate of drug-likeness (QED) is 0.432. The lowest BCUT2D eigenvalue weighted by atomic mass is 9.89. The van der Waals surface area contributed by atoms with Crippen molar-refractivity contribution in [1.82, 2.24) is 0 Å². The maximum atomic E-state index is 11.2. The van der Waals surface area contributed by atoms with Crippen molar-refractivity contribution in [2.75, 3.05) is 6.61 Å². The lowest BCUT2D eigenvalue weighted by Crippen LogP contribution is -2.16. The number of ether oxygens (including phenoxy) is 1. The number of hydrogen-bond acceptors (Lipinski definition) is 2. The number of allylic oxidation sites excluding steroid dienone is 2. The van der Waals surface area contributed by atoms with E-state index in [2.05, 4.69) is 15.9 Å². The van der Waals surface area contributed by atoms with E-state index >= 15 is 0 Å². The maximum Gasteiger partial charge on any atom is 0.306 e. The molecule has 0 aromatic rings. The minimum absolute atomic E-state index is 0.131. The van der Waals surface area contributed by atoms with Gasteiger partial charge in [0.15, 0.2) is 0 Å². The lowest BCUT2D eigenvalue weighted by molar-refractivity contribution is -0.144. The number of rotatable bonds is 5. The van der Waals surface area contributed by atoms with Gasteiger partial charge in [0.1, 0.15) is 0 Å². The summed E-state index contributed by atoms with van der Waals surface area (Å²) in [5.41, 5.74) is -0.131. The fourth-order valence-corrected chi connectivity index (χ4v) is 1.19. The third-order valence-electron chi connectivity index (χ3n) is 1.72. The Morgan fingerprint density at radius 1 is 1.57 bits per heavy atom. The van der Waals surface area contributed by atoms with E-state index in [0.717, 1.165) is 0 Å². The van der Waals surface area contributed by atoms with Gasteiger partial charge in [-0.15, -0.1) is 0 Å². The first-order valence-electron chi connectivity index (χ1n) is 4.86.